The Morgan fingerprint density at radius 2 is 1.29 bits per heavy atom. The number of ether oxygens (including phenoxy) is 2. The lowest BCUT2D eigenvalue weighted by molar-refractivity contribution is 0.197. The van der Waals surface area contributed by atoms with Gasteiger partial charge in [0.15, 0.2) is 0 Å². The Bertz CT molecular complexity index is 1030. The first-order valence-corrected chi connectivity index (χ1v) is 18.0. The molecule has 2 saturated heterocycles. The van der Waals surface area contributed by atoms with E-state index >= 15 is 0 Å². The molecule has 1 unspecified atom stereocenters. The second-order valence-corrected chi connectivity index (χ2v) is 15.0. The lowest BCUT2D eigenvalue weighted by atomic mass is 9.81. The molecule has 0 amide bonds. The number of rotatable bonds is 12. The van der Waals surface area contributed by atoms with Gasteiger partial charge in [-0.05, 0) is 105 Å². The molecule has 2 aliphatic heterocycles. The molecule has 0 bridgehead atoms. The van der Waals surface area contributed by atoms with Gasteiger partial charge in [0.1, 0.15) is 0 Å². The van der Waals surface area contributed by atoms with E-state index in [1.807, 2.05) is 36.0 Å². The van der Waals surface area contributed by atoms with Crippen LogP contribution in [0.1, 0.15) is 35.8 Å². The molecule has 0 N–H and O–H groups in total. The van der Waals surface area contributed by atoms with Crippen LogP contribution in [0.4, 0.5) is 0 Å². The minimum atomic E-state index is -0.809. The van der Waals surface area contributed by atoms with Crippen molar-refractivity contribution in [3.63, 3.8) is 0 Å². The smallest absolute Gasteiger partial charge is 0.0577 e. The first-order valence-electron chi connectivity index (χ1n) is 14.6. The summed E-state index contributed by atoms with van der Waals surface area (Å²) in [5.41, 5.74) is 2.76. The van der Waals surface area contributed by atoms with E-state index in [9.17, 15) is 4.21 Å². The number of likely N-dealkylation sites (tertiary alicyclic amines) is 2. The van der Waals surface area contributed by atoms with Crippen LogP contribution < -0.4 is 0 Å². The number of nitrogens with zero attached hydrogens (tertiary/aromatic N) is 2. The highest BCUT2D eigenvalue weighted by molar-refractivity contribution is 7.99. The molecular formula is C32H48Cl2N2O3S2. The number of benzene rings is 2. The van der Waals surface area contributed by atoms with Crippen LogP contribution in [0.5, 0.6) is 0 Å². The summed E-state index contributed by atoms with van der Waals surface area (Å²) in [5.74, 6) is 5.97. The molecule has 0 aliphatic carbocycles. The van der Waals surface area contributed by atoms with Gasteiger partial charge in [-0.15, -0.1) is 0 Å². The van der Waals surface area contributed by atoms with Crippen LogP contribution in [0, 0.1) is 11.8 Å². The van der Waals surface area contributed by atoms with E-state index < -0.39 is 10.8 Å². The Morgan fingerprint density at radius 1 is 0.805 bits per heavy atom. The second-order valence-electron chi connectivity index (χ2n) is 11.3. The standard InChI is InChI=1S/C16H24ClNO2S.C16H24ClNOS/c1-18-8-7-16(13-3-5-15(17)6-4-13)14(11-18)12-21(19)10-9-20-2;1-18-8-7-16(13-3-5-15(17)6-4-13)14(11-18)12-20-10-9-19-2/h3-6,14,16H,7-12H2,1-2H3;3-6,14,16H,7-12H2,1-2H3/t14-,16-,21?;14-,16-/m11/s1. The maximum atomic E-state index is 12.2. The molecule has 0 saturated carbocycles. The van der Waals surface area contributed by atoms with E-state index in [-0.39, 0.29) is 0 Å². The zero-order chi connectivity index (χ0) is 29.6. The predicted octanol–water partition coefficient (Wildman–Crippen LogP) is 6.53. The quantitative estimate of drug-likeness (QED) is 0.245. The van der Waals surface area contributed by atoms with Gasteiger partial charge in [-0.2, -0.15) is 11.8 Å². The monoisotopic (exact) mass is 642 g/mol. The Balaban J connectivity index is 0.000000226. The normalized spacial score (nSPS) is 24.4. The van der Waals surface area contributed by atoms with Crippen LogP contribution in [-0.2, 0) is 20.3 Å². The van der Waals surface area contributed by atoms with Gasteiger partial charge in [-0.25, -0.2) is 0 Å². The Hall–Kier alpha value is -0.640. The molecule has 0 aromatic heterocycles. The molecule has 4 rings (SSSR count). The van der Waals surface area contributed by atoms with Crippen LogP contribution in [0.3, 0.4) is 0 Å². The van der Waals surface area contributed by atoms with E-state index in [4.69, 9.17) is 32.7 Å². The lowest BCUT2D eigenvalue weighted by Crippen LogP contribution is -2.39. The molecular weight excluding hydrogens is 595 g/mol. The Morgan fingerprint density at radius 3 is 1.80 bits per heavy atom. The van der Waals surface area contributed by atoms with Gasteiger partial charge >= 0.3 is 0 Å². The summed E-state index contributed by atoms with van der Waals surface area (Å²) >= 11 is 14.0. The topological polar surface area (TPSA) is 42.0 Å². The molecule has 0 radical (unpaired) electrons. The van der Waals surface area contributed by atoms with Crippen LogP contribution in [-0.4, -0.2) is 105 Å². The first kappa shape index (κ1) is 34.8. The number of hydrogen-bond donors (Lipinski definition) is 0. The van der Waals surface area contributed by atoms with Crippen LogP contribution in [0.2, 0.25) is 10.0 Å². The predicted molar refractivity (Wildman–Crippen MR) is 179 cm³/mol. The SMILES string of the molecule is COCCS(=O)C[C@H]1CN(C)CC[C@@H]1c1ccc(Cl)cc1.COCCSC[C@H]1CN(C)CC[C@@H]1c1ccc(Cl)cc1. The average Bonchev–Trinajstić information content (AvgIpc) is 2.96. The number of piperidine rings is 2. The number of methoxy groups -OCH3 is 2. The molecule has 2 aromatic carbocycles. The van der Waals surface area contributed by atoms with E-state index in [2.05, 4.69) is 48.2 Å². The third-order valence-electron chi connectivity index (χ3n) is 8.15. The molecule has 5 atom stereocenters. The fourth-order valence-corrected chi connectivity index (χ4v) is 8.62. The average molecular weight is 644 g/mol. The van der Waals surface area contributed by atoms with Crippen LogP contribution >= 0.6 is 35.0 Å². The lowest BCUT2D eigenvalue weighted by Gasteiger charge is -2.37. The van der Waals surface area contributed by atoms with Crippen molar-refractivity contribution in [3.8, 4) is 0 Å². The third kappa shape index (κ3) is 12.1. The summed E-state index contributed by atoms with van der Waals surface area (Å²) in [4.78, 5) is 4.79. The fourth-order valence-electron chi connectivity index (χ4n) is 5.94. The number of halogens is 2. The van der Waals surface area contributed by atoms with Crippen molar-refractivity contribution in [2.75, 3.05) is 90.7 Å². The van der Waals surface area contributed by atoms with Crippen molar-refractivity contribution in [1.29, 1.82) is 0 Å². The van der Waals surface area contributed by atoms with Crippen LogP contribution in [0.25, 0.3) is 0 Å². The Labute approximate surface area is 265 Å². The largest absolute Gasteiger partial charge is 0.384 e. The van der Waals surface area contributed by atoms with Gasteiger partial charge in [-0.3, -0.25) is 4.21 Å². The molecule has 230 valence electrons. The summed E-state index contributed by atoms with van der Waals surface area (Å²) < 4.78 is 22.4. The van der Waals surface area contributed by atoms with Crippen molar-refractivity contribution < 1.29 is 13.7 Å². The highest BCUT2D eigenvalue weighted by Gasteiger charge is 2.30. The number of thioether (sulfide) groups is 1. The van der Waals surface area contributed by atoms with Crippen molar-refractivity contribution >= 4 is 45.8 Å². The van der Waals surface area contributed by atoms with Gasteiger partial charge in [-0.1, -0.05) is 47.5 Å². The summed E-state index contributed by atoms with van der Waals surface area (Å²) in [6.07, 6.45) is 2.36. The summed E-state index contributed by atoms with van der Waals surface area (Å²) in [7, 11) is 6.98. The minimum absolute atomic E-state index is 0.433. The molecule has 2 fully saturated rings. The van der Waals surface area contributed by atoms with E-state index in [0.29, 0.717) is 30.1 Å². The van der Waals surface area contributed by atoms with Crippen LogP contribution in [0.15, 0.2) is 48.5 Å². The van der Waals surface area contributed by atoms with Crippen molar-refractivity contribution in [2.45, 2.75) is 24.7 Å². The molecule has 2 heterocycles. The van der Waals surface area contributed by atoms with E-state index in [1.54, 1.807) is 14.2 Å². The highest BCUT2D eigenvalue weighted by atomic mass is 35.5. The maximum absolute atomic E-state index is 12.2. The van der Waals surface area contributed by atoms with E-state index in [1.165, 1.54) is 36.4 Å². The minimum Gasteiger partial charge on any atom is -0.384 e. The van der Waals surface area contributed by atoms with Crippen molar-refractivity contribution in [3.05, 3.63) is 69.7 Å². The molecule has 5 nitrogen and oxygen atoms in total. The second kappa shape index (κ2) is 18.9. The first-order chi connectivity index (χ1) is 19.8. The molecule has 2 aromatic rings. The molecule has 2 aliphatic rings. The van der Waals surface area contributed by atoms with Crippen molar-refractivity contribution in [2.24, 2.45) is 11.8 Å². The molecule has 41 heavy (non-hydrogen) atoms. The summed E-state index contributed by atoms with van der Waals surface area (Å²) in [5, 5.41) is 1.60. The Kier molecular flexibility index (Phi) is 16.1. The zero-order valence-corrected chi connectivity index (χ0v) is 28.2. The molecule has 0 spiro atoms. The molecule has 9 heteroatoms. The van der Waals surface area contributed by atoms with Gasteiger partial charge in [0.25, 0.3) is 0 Å². The number of hydrogen-bond acceptors (Lipinski definition) is 6. The summed E-state index contributed by atoms with van der Waals surface area (Å²) in [6.45, 7) is 5.89. The van der Waals surface area contributed by atoms with Gasteiger partial charge in [0.2, 0.25) is 0 Å². The van der Waals surface area contributed by atoms with Crippen molar-refractivity contribution in [1.82, 2.24) is 9.80 Å². The zero-order valence-electron chi connectivity index (χ0n) is 25.1. The van der Waals surface area contributed by atoms with Gasteiger partial charge < -0.3 is 19.3 Å². The summed E-state index contributed by atoms with van der Waals surface area (Å²) in [6, 6.07) is 16.6. The maximum Gasteiger partial charge on any atom is 0.0577 e. The fraction of sp³-hybridized carbons (Fsp3) is 0.625. The van der Waals surface area contributed by atoms with E-state index in [0.717, 1.165) is 53.6 Å². The highest BCUT2D eigenvalue weighted by Crippen LogP contribution is 2.35. The van der Waals surface area contributed by atoms with Gasteiger partial charge in [0, 0.05) is 65.4 Å². The third-order valence-corrected chi connectivity index (χ3v) is 11.2. The van der Waals surface area contributed by atoms with Gasteiger partial charge in [0.05, 0.1) is 13.2 Å².